The van der Waals surface area contributed by atoms with Crippen molar-refractivity contribution >= 4 is 46.9 Å². The largest absolute Gasteiger partial charge is 0.481 e. The number of halogens is 2. The molecule has 1 heterocycles. The quantitative estimate of drug-likeness (QED) is 0.686. The highest BCUT2D eigenvalue weighted by atomic mass is 35.5. The van der Waals surface area contributed by atoms with E-state index in [1.165, 1.54) is 14.9 Å². The van der Waals surface area contributed by atoms with E-state index in [2.05, 4.69) is 0 Å². The molecule has 1 aliphatic rings. The minimum atomic E-state index is -1.05. The molecule has 0 unspecified atom stereocenters. The molecule has 10 heteroatoms. The number of carboxylic acid groups (broad SMARTS) is 1. The first-order chi connectivity index (χ1) is 10.4. The van der Waals surface area contributed by atoms with Gasteiger partial charge >= 0.3 is 5.97 Å². The van der Waals surface area contributed by atoms with Crippen molar-refractivity contribution in [2.45, 2.75) is 12.8 Å². The van der Waals surface area contributed by atoms with Gasteiger partial charge in [0, 0.05) is 19.5 Å². The fraction of sp³-hybridized carbons (Fsp3) is 0.667. The number of rotatable bonds is 5. The number of hydrogen-bond donors (Lipinski definition) is 1. The zero-order chi connectivity index (χ0) is 16.7. The van der Waals surface area contributed by atoms with Gasteiger partial charge in [0.25, 0.3) is 11.8 Å². The van der Waals surface area contributed by atoms with Crippen LogP contribution in [-0.4, -0.2) is 81.7 Å². The number of carbonyl (C=O) groups is 4. The summed E-state index contributed by atoms with van der Waals surface area (Å²) in [5.74, 6) is -2.89. The zero-order valence-electron chi connectivity index (χ0n) is 11.8. The highest BCUT2D eigenvalue weighted by Crippen LogP contribution is 2.10. The number of hydrazine groups is 1. The Kier molecular flexibility index (Phi) is 7.40. The van der Waals surface area contributed by atoms with Crippen molar-refractivity contribution in [1.29, 1.82) is 0 Å². The summed E-state index contributed by atoms with van der Waals surface area (Å²) >= 11 is 11.1. The lowest BCUT2D eigenvalue weighted by atomic mass is 10.2. The number of nitrogens with zero attached hydrogens (tertiary/aromatic N) is 3. The maximum atomic E-state index is 12.0. The first-order valence-corrected chi connectivity index (χ1v) is 7.69. The van der Waals surface area contributed by atoms with E-state index in [1.807, 2.05) is 0 Å². The molecule has 0 bridgehead atoms. The van der Waals surface area contributed by atoms with E-state index < -0.39 is 17.8 Å². The summed E-state index contributed by atoms with van der Waals surface area (Å²) in [4.78, 5) is 47.5. The van der Waals surface area contributed by atoms with E-state index in [-0.39, 0.29) is 56.7 Å². The molecule has 0 aromatic carbocycles. The van der Waals surface area contributed by atoms with Crippen LogP contribution >= 0.6 is 23.2 Å². The molecule has 1 fully saturated rings. The molecule has 0 spiro atoms. The second kappa shape index (κ2) is 8.79. The van der Waals surface area contributed by atoms with Crippen LogP contribution < -0.4 is 0 Å². The lowest BCUT2D eigenvalue weighted by molar-refractivity contribution is -0.159. The molecule has 22 heavy (non-hydrogen) atoms. The number of amides is 3. The second-order valence-electron chi connectivity index (χ2n) is 4.58. The highest BCUT2D eigenvalue weighted by Gasteiger charge is 2.30. The van der Waals surface area contributed by atoms with E-state index in [1.54, 1.807) is 0 Å². The maximum Gasteiger partial charge on any atom is 0.303 e. The van der Waals surface area contributed by atoms with Crippen molar-refractivity contribution in [2.24, 2.45) is 0 Å². The third kappa shape index (κ3) is 5.03. The molecule has 124 valence electrons. The number of alkyl halides is 2. The van der Waals surface area contributed by atoms with E-state index in [0.29, 0.717) is 0 Å². The fourth-order valence-corrected chi connectivity index (χ4v) is 2.34. The highest BCUT2D eigenvalue weighted by molar-refractivity contribution is 6.28. The lowest BCUT2D eigenvalue weighted by Crippen LogP contribution is -2.51. The van der Waals surface area contributed by atoms with Gasteiger partial charge < -0.3 is 10.0 Å². The molecule has 8 nitrogen and oxygen atoms in total. The van der Waals surface area contributed by atoms with Crippen LogP contribution in [-0.2, 0) is 19.2 Å². The van der Waals surface area contributed by atoms with Gasteiger partial charge in [-0.1, -0.05) is 0 Å². The Bertz CT molecular complexity index is 434. The summed E-state index contributed by atoms with van der Waals surface area (Å²) in [6, 6.07) is 0. The Morgan fingerprint density at radius 3 is 1.59 bits per heavy atom. The molecule has 0 atom stereocenters. The Hall–Kier alpha value is -1.54. The smallest absolute Gasteiger partial charge is 0.303 e. The zero-order valence-corrected chi connectivity index (χ0v) is 13.3. The van der Waals surface area contributed by atoms with Crippen molar-refractivity contribution in [3.63, 3.8) is 0 Å². The summed E-state index contributed by atoms with van der Waals surface area (Å²) in [5, 5.41) is 11.0. The molecular weight excluding hydrogens is 337 g/mol. The molecule has 1 saturated heterocycles. The van der Waals surface area contributed by atoms with Crippen LogP contribution in [0, 0.1) is 0 Å². The number of hydrogen-bond acceptors (Lipinski definition) is 4. The molecule has 0 saturated carbocycles. The summed E-state index contributed by atoms with van der Waals surface area (Å²) in [6.07, 6.45) is -0.383. The maximum absolute atomic E-state index is 12.0. The van der Waals surface area contributed by atoms with Crippen molar-refractivity contribution in [2.75, 3.05) is 37.9 Å². The topological polar surface area (TPSA) is 98.2 Å². The Morgan fingerprint density at radius 2 is 1.23 bits per heavy atom. The van der Waals surface area contributed by atoms with Gasteiger partial charge in [0.1, 0.15) is 11.8 Å². The van der Waals surface area contributed by atoms with Crippen LogP contribution in [0.25, 0.3) is 0 Å². The monoisotopic (exact) mass is 353 g/mol. The average Bonchev–Trinajstić information content (AvgIpc) is 2.73. The SMILES string of the molecule is O=C(O)CCC(=O)N1CCN(C(=O)CCl)N(C(=O)CCl)CC1. The molecule has 3 amide bonds. The van der Waals surface area contributed by atoms with E-state index in [9.17, 15) is 19.2 Å². The molecule has 1 rings (SSSR count). The number of carboxylic acids is 1. The molecule has 0 aromatic rings. The van der Waals surface area contributed by atoms with Crippen LogP contribution in [0.4, 0.5) is 0 Å². The van der Waals surface area contributed by atoms with Crippen molar-refractivity contribution in [1.82, 2.24) is 14.9 Å². The summed E-state index contributed by atoms with van der Waals surface area (Å²) < 4.78 is 0. The van der Waals surface area contributed by atoms with Crippen LogP contribution in [0.3, 0.4) is 0 Å². The minimum Gasteiger partial charge on any atom is -0.481 e. The van der Waals surface area contributed by atoms with Crippen LogP contribution in [0.15, 0.2) is 0 Å². The summed E-state index contributed by atoms with van der Waals surface area (Å²) in [7, 11) is 0. The minimum absolute atomic E-state index is 0.104. The third-order valence-electron chi connectivity index (χ3n) is 3.16. The van der Waals surface area contributed by atoms with Crippen LogP contribution in [0.1, 0.15) is 12.8 Å². The predicted octanol–water partition coefficient (Wildman–Crippen LogP) is -0.257. The normalized spacial score (nSPS) is 15.5. The Morgan fingerprint density at radius 1 is 0.773 bits per heavy atom. The molecule has 0 radical (unpaired) electrons. The van der Waals surface area contributed by atoms with Gasteiger partial charge in [0.05, 0.1) is 19.5 Å². The summed E-state index contributed by atoms with van der Waals surface area (Å²) in [5.41, 5.74) is 0. The average molecular weight is 354 g/mol. The molecule has 0 aromatic heterocycles. The van der Waals surface area contributed by atoms with Crippen LogP contribution in [0.5, 0.6) is 0 Å². The van der Waals surface area contributed by atoms with Gasteiger partial charge in [-0.25, -0.2) is 10.0 Å². The van der Waals surface area contributed by atoms with Gasteiger partial charge in [-0.15, -0.1) is 23.2 Å². The van der Waals surface area contributed by atoms with Gasteiger partial charge in [0.2, 0.25) is 5.91 Å². The van der Waals surface area contributed by atoms with Crippen molar-refractivity contribution in [3.05, 3.63) is 0 Å². The molecule has 0 aliphatic carbocycles. The number of carbonyl (C=O) groups excluding carboxylic acids is 3. The summed E-state index contributed by atoms with van der Waals surface area (Å²) in [6.45, 7) is 0.611. The Labute approximate surface area is 137 Å². The van der Waals surface area contributed by atoms with Crippen molar-refractivity contribution in [3.8, 4) is 0 Å². The molecular formula is C12H17Cl2N3O5. The van der Waals surface area contributed by atoms with Gasteiger partial charge in [-0.3, -0.25) is 19.2 Å². The van der Waals surface area contributed by atoms with Gasteiger partial charge in [0.15, 0.2) is 0 Å². The standard InChI is InChI=1S/C12H17Cl2N3O5/c13-7-10(19)16-5-3-15(9(18)1-2-12(21)22)4-6-17(16)11(20)8-14/h1-8H2,(H,21,22). The first kappa shape index (κ1) is 18.5. The number of aliphatic carboxylic acids is 1. The van der Waals surface area contributed by atoms with E-state index >= 15 is 0 Å². The van der Waals surface area contributed by atoms with E-state index in [0.717, 1.165) is 0 Å². The van der Waals surface area contributed by atoms with Crippen molar-refractivity contribution < 1.29 is 24.3 Å². The second-order valence-corrected chi connectivity index (χ2v) is 5.11. The first-order valence-electron chi connectivity index (χ1n) is 6.62. The van der Waals surface area contributed by atoms with E-state index in [4.69, 9.17) is 28.3 Å². The fourth-order valence-electron chi connectivity index (χ4n) is 2.06. The Balaban J connectivity index is 2.76. The third-order valence-corrected chi connectivity index (χ3v) is 3.62. The molecule has 1 aliphatic heterocycles. The van der Waals surface area contributed by atoms with Gasteiger partial charge in [-0.05, 0) is 0 Å². The van der Waals surface area contributed by atoms with Gasteiger partial charge in [-0.2, -0.15) is 0 Å². The predicted molar refractivity (Wildman–Crippen MR) is 78.3 cm³/mol. The van der Waals surface area contributed by atoms with Crippen LogP contribution in [0.2, 0.25) is 0 Å². The lowest BCUT2D eigenvalue weighted by Gasteiger charge is -2.31. The molecule has 1 N–H and O–H groups in total.